The summed E-state index contributed by atoms with van der Waals surface area (Å²) in [6.07, 6.45) is -1.90. The molecule has 2 heterocycles. The van der Waals surface area contributed by atoms with E-state index >= 15 is 0 Å². The van der Waals surface area contributed by atoms with E-state index in [4.69, 9.17) is 15.2 Å². The molecule has 0 bridgehead atoms. The Morgan fingerprint density at radius 3 is 2.67 bits per heavy atom. The molecular weight excluding hydrogens is 403 g/mol. The fourth-order valence-electron chi connectivity index (χ4n) is 3.22. The molecule has 1 aliphatic heterocycles. The molecule has 1 aromatic heterocycles. The first-order chi connectivity index (χ1) is 14.2. The maximum absolute atomic E-state index is 14.7. The Kier molecular flexibility index (Phi) is 5.81. The first-order valence-corrected chi connectivity index (χ1v) is 8.93. The summed E-state index contributed by atoms with van der Waals surface area (Å²) in [5, 5.41) is 2.57. The summed E-state index contributed by atoms with van der Waals surface area (Å²) in [7, 11) is 1.41. The van der Waals surface area contributed by atoms with Crippen molar-refractivity contribution in [2.75, 3.05) is 12.4 Å². The lowest BCUT2D eigenvalue weighted by Gasteiger charge is -2.40. The summed E-state index contributed by atoms with van der Waals surface area (Å²) in [6.45, 7) is 2.96. The molecule has 0 saturated heterocycles. The third-order valence-corrected chi connectivity index (χ3v) is 5.07. The second-order valence-electron chi connectivity index (χ2n) is 6.90. The van der Waals surface area contributed by atoms with Crippen molar-refractivity contribution in [3.8, 4) is 5.88 Å². The number of hydrogen-bond acceptors (Lipinski definition) is 7. The normalized spacial score (nSPS) is 23.5. The second kappa shape index (κ2) is 8.17. The average Bonchev–Trinajstić information content (AvgIpc) is 2.71. The predicted molar refractivity (Wildman–Crippen MR) is 102 cm³/mol. The third-order valence-electron chi connectivity index (χ3n) is 5.07. The lowest BCUT2D eigenvalue weighted by molar-refractivity contribution is -0.0573. The minimum atomic E-state index is -2.84. The molecular formula is C19H20F3N5O3. The number of amides is 1. The fraction of sp³-hybridized carbons (Fsp3) is 0.368. The number of benzene rings is 1. The van der Waals surface area contributed by atoms with E-state index in [9.17, 15) is 18.0 Å². The number of aliphatic imine (C=N–C) groups is 1. The fourth-order valence-corrected chi connectivity index (χ4v) is 3.22. The molecule has 1 aromatic carbocycles. The highest BCUT2D eigenvalue weighted by Gasteiger charge is 2.47. The Morgan fingerprint density at radius 1 is 1.33 bits per heavy atom. The zero-order valence-corrected chi connectivity index (χ0v) is 16.4. The monoisotopic (exact) mass is 423 g/mol. The molecule has 3 rings (SSSR count). The van der Waals surface area contributed by atoms with Gasteiger partial charge < -0.3 is 20.5 Å². The number of hydrogen-bond donors (Lipinski definition) is 2. The van der Waals surface area contributed by atoms with Crippen molar-refractivity contribution in [3.05, 3.63) is 47.7 Å². The number of aromatic nitrogens is 2. The molecule has 160 valence electrons. The van der Waals surface area contributed by atoms with Crippen LogP contribution in [0.15, 0.2) is 35.6 Å². The Bertz CT molecular complexity index is 970. The SMILES string of the molecule is COc1cnc(C(=O)Nc2ccc(F)c([C@@]3(C)N=C(N)O[C@H](C(F)F)[C@@H]3C)c2)cn1. The number of amidine groups is 1. The molecule has 8 nitrogen and oxygen atoms in total. The van der Waals surface area contributed by atoms with Crippen molar-refractivity contribution < 1.29 is 27.4 Å². The van der Waals surface area contributed by atoms with Crippen LogP contribution in [0.5, 0.6) is 5.88 Å². The third kappa shape index (κ3) is 4.00. The number of rotatable bonds is 5. The molecule has 0 spiro atoms. The number of halogens is 3. The van der Waals surface area contributed by atoms with Gasteiger partial charge >= 0.3 is 0 Å². The van der Waals surface area contributed by atoms with Crippen LogP contribution in [0.3, 0.4) is 0 Å². The minimum absolute atomic E-state index is 0.00681. The molecule has 0 radical (unpaired) electrons. The summed E-state index contributed by atoms with van der Waals surface area (Å²) < 4.78 is 51.3. The van der Waals surface area contributed by atoms with Gasteiger partial charge in [0.15, 0.2) is 6.10 Å². The molecule has 1 amide bonds. The van der Waals surface area contributed by atoms with Crippen molar-refractivity contribution in [3.63, 3.8) is 0 Å². The molecule has 0 fully saturated rings. The first-order valence-electron chi connectivity index (χ1n) is 8.93. The summed E-state index contributed by atoms with van der Waals surface area (Å²) in [5.74, 6) is -1.95. The molecule has 3 atom stereocenters. The van der Waals surface area contributed by atoms with Crippen LogP contribution >= 0.6 is 0 Å². The van der Waals surface area contributed by atoms with Gasteiger partial charge in [-0.3, -0.25) is 4.79 Å². The molecule has 3 N–H and O–H groups in total. The molecule has 0 saturated carbocycles. The van der Waals surface area contributed by atoms with Crippen LogP contribution in [0.2, 0.25) is 0 Å². The van der Waals surface area contributed by atoms with Gasteiger partial charge in [0.2, 0.25) is 5.88 Å². The lowest BCUT2D eigenvalue weighted by Crippen LogP contribution is -2.49. The number of nitrogens with one attached hydrogen (secondary N) is 1. The molecule has 11 heteroatoms. The zero-order chi connectivity index (χ0) is 22.1. The van der Waals surface area contributed by atoms with E-state index in [0.29, 0.717) is 0 Å². The van der Waals surface area contributed by atoms with Crippen molar-refractivity contribution in [1.82, 2.24) is 9.97 Å². The van der Waals surface area contributed by atoms with Gasteiger partial charge in [0, 0.05) is 17.2 Å². The smallest absolute Gasteiger partial charge is 0.283 e. The minimum Gasteiger partial charge on any atom is -0.480 e. The number of nitrogens with two attached hydrogens (primary N) is 1. The van der Waals surface area contributed by atoms with E-state index in [1.807, 2.05) is 0 Å². The molecule has 0 aliphatic carbocycles. The number of anilines is 1. The van der Waals surface area contributed by atoms with E-state index in [2.05, 4.69) is 20.3 Å². The number of carbonyl (C=O) groups excluding carboxylic acids is 1. The van der Waals surface area contributed by atoms with Crippen LogP contribution in [0.4, 0.5) is 18.9 Å². The standard InChI is InChI=1S/C19H20F3N5O3/c1-9-15(16(21)22)30-18(23)27-19(9,2)11-6-10(4-5-12(11)20)26-17(28)13-7-25-14(29-3)8-24-13/h4-9,15-16H,1-3H3,(H2,23,27)(H,26,28)/t9-,15-,19-/m0/s1. The summed E-state index contributed by atoms with van der Waals surface area (Å²) in [5.41, 5.74) is 4.36. The molecule has 0 unspecified atom stereocenters. The summed E-state index contributed by atoms with van der Waals surface area (Å²) >= 11 is 0. The zero-order valence-electron chi connectivity index (χ0n) is 16.4. The van der Waals surface area contributed by atoms with Gasteiger partial charge in [-0.25, -0.2) is 28.1 Å². The number of nitrogens with zero attached hydrogens (tertiary/aromatic N) is 3. The van der Waals surface area contributed by atoms with Crippen molar-refractivity contribution in [2.24, 2.45) is 16.6 Å². The van der Waals surface area contributed by atoms with Crippen molar-refractivity contribution >= 4 is 17.6 Å². The highest BCUT2D eigenvalue weighted by atomic mass is 19.3. The largest absolute Gasteiger partial charge is 0.480 e. The average molecular weight is 423 g/mol. The van der Waals surface area contributed by atoms with E-state index in [1.54, 1.807) is 0 Å². The van der Waals surface area contributed by atoms with Gasteiger partial charge in [-0.1, -0.05) is 6.92 Å². The van der Waals surface area contributed by atoms with Crippen molar-refractivity contribution in [2.45, 2.75) is 31.9 Å². The Hall–Kier alpha value is -3.37. The Labute approximate surface area is 170 Å². The molecule has 30 heavy (non-hydrogen) atoms. The van der Waals surface area contributed by atoms with E-state index < -0.39 is 41.7 Å². The van der Waals surface area contributed by atoms with Gasteiger partial charge in [-0.15, -0.1) is 0 Å². The number of methoxy groups -OCH3 is 1. The Morgan fingerprint density at radius 2 is 2.07 bits per heavy atom. The molecule has 1 aliphatic rings. The van der Waals surface area contributed by atoms with Crippen LogP contribution in [0.1, 0.15) is 29.9 Å². The van der Waals surface area contributed by atoms with E-state index in [1.165, 1.54) is 45.5 Å². The van der Waals surface area contributed by atoms with Crippen LogP contribution in [0.25, 0.3) is 0 Å². The van der Waals surface area contributed by atoms with Gasteiger partial charge in [0.25, 0.3) is 18.4 Å². The van der Waals surface area contributed by atoms with Gasteiger partial charge in [0.05, 0.1) is 25.0 Å². The van der Waals surface area contributed by atoms with Crippen LogP contribution in [-0.2, 0) is 10.3 Å². The van der Waals surface area contributed by atoms with Gasteiger partial charge in [-0.05, 0) is 25.1 Å². The quantitative estimate of drug-likeness (QED) is 0.765. The van der Waals surface area contributed by atoms with Gasteiger partial charge in [0.1, 0.15) is 11.5 Å². The number of alkyl halides is 2. The van der Waals surface area contributed by atoms with Crippen molar-refractivity contribution in [1.29, 1.82) is 0 Å². The highest BCUT2D eigenvalue weighted by Crippen LogP contribution is 2.42. The van der Waals surface area contributed by atoms with E-state index in [0.717, 1.165) is 6.07 Å². The number of carbonyl (C=O) groups is 1. The second-order valence-corrected chi connectivity index (χ2v) is 6.90. The topological polar surface area (TPSA) is 112 Å². The van der Waals surface area contributed by atoms with Gasteiger partial charge in [-0.2, -0.15) is 0 Å². The summed E-state index contributed by atoms with van der Waals surface area (Å²) in [4.78, 5) is 24.3. The van der Waals surface area contributed by atoms with Crippen LogP contribution < -0.4 is 15.8 Å². The maximum atomic E-state index is 14.7. The first kappa shape index (κ1) is 21.3. The highest BCUT2D eigenvalue weighted by molar-refractivity contribution is 6.02. The molecule has 2 aromatic rings. The maximum Gasteiger partial charge on any atom is 0.283 e. The summed E-state index contributed by atoms with van der Waals surface area (Å²) in [6, 6.07) is 3.31. The lowest BCUT2D eigenvalue weighted by atomic mass is 9.77. The van der Waals surface area contributed by atoms with Crippen LogP contribution in [-0.4, -0.2) is 41.5 Å². The van der Waals surface area contributed by atoms with Crippen LogP contribution in [0, 0.1) is 11.7 Å². The Balaban J connectivity index is 1.92. The number of ether oxygens (including phenoxy) is 2. The predicted octanol–water partition coefficient (Wildman–Crippen LogP) is 2.71. The van der Waals surface area contributed by atoms with E-state index in [-0.39, 0.29) is 22.8 Å².